The average molecular weight is 271 g/mol. The number of halogens is 1. The van der Waals surface area contributed by atoms with Gasteiger partial charge in [-0.1, -0.05) is 41.4 Å². The number of rotatable bonds is 3. The highest BCUT2D eigenvalue weighted by Gasteiger charge is 2.09. The van der Waals surface area contributed by atoms with Crippen molar-refractivity contribution in [2.24, 2.45) is 0 Å². The van der Waals surface area contributed by atoms with Crippen molar-refractivity contribution in [3.05, 3.63) is 64.2 Å². The summed E-state index contributed by atoms with van der Waals surface area (Å²) in [6, 6.07) is 15.8. The van der Waals surface area contributed by atoms with Gasteiger partial charge in [0.05, 0.1) is 11.3 Å². The van der Waals surface area contributed by atoms with E-state index in [1.165, 1.54) is 11.1 Å². The lowest BCUT2D eigenvalue weighted by atomic mass is 10.0. The Morgan fingerprint density at radius 1 is 1.21 bits per heavy atom. The Kier molecular flexibility index (Phi) is 4.09. The minimum absolute atomic E-state index is 0.116. The number of benzene rings is 2. The second-order valence-electron chi connectivity index (χ2n) is 4.58. The van der Waals surface area contributed by atoms with Crippen LogP contribution in [-0.2, 0) is 0 Å². The third-order valence-electron chi connectivity index (χ3n) is 3.02. The number of nitrogens with zero attached hydrogens (tertiary/aromatic N) is 1. The molecule has 0 aromatic heterocycles. The highest BCUT2D eigenvalue weighted by Crippen LogP contribution is 2.25. The fourth-order valence-corrected chi connectivity index (χ4v) is 2.16. The molecule has 0 aliphatic rings. The minimum Gasteiger partial charge on any atom is -0.377 e. The predicted molar refractivity (Wildman–Crippen MR) is 79.4 cm³/mol. The normalized spacial score (nSPS) is 11.7. The van der Waals surface area contributed by atoms with Gasteiger partial charge in [0.2, 0.25) is 0 Å². The molecule has 3 heteroatoms. The predicted octanol–water partition coefficient (Wildman–Crippen LogP) is 4.69. The van der Waals surface area contributed by atoms with Crippen LogP contribution in [-0.4, -0.2) is 0 Å². The molecule has 0 fully saturated rings. The number of nitriles is 1. The molecule has 0 heterocycles. The highest BCUT2D eigenvalue weighted by atomic mass is 35.5. The van der Waals surface area contributed by atoms with Gasteiger partial charge in [-0.05, 0) is 37.6 Å². The summed E-state index contributed by atoms with van der Waals surface area (Å²) in [5, 5.41) is 13.1. The Bertz CT molecular complexity index is 629. The van der Waals surface area contributed by atoms with Gasteiger partial charge in [0.25, 0.3) is 0 Å². The summed E-state index contributed by atoms with van der Waals surface area (Å²) < 4.78 is 0. The van der Waals surface area contributed by atoms with Crippen LogP contribution in [0.3, 0.4) is 0 Å². The summed E-state index contributed by atoms with van der Waals surface area (Å²) in [6.45, 7) is 4.13. The van der Waals surface area contributed by atoms with Crippen LogP contribution < -0.4 is 5.32 Å². The van der Waals surface area contributed by atoms with Crippen LogP contribution in [0.15, 0.2) is 42.5 Å². The molecule has 1 atom stereocenters. The van der Waals surface area contributed by atoms with E-state index in [9.17, 15) is 0 Å². The molecule has 2 aromatic rings. The molecule has 2 nitrogen and oxygen atoms in total. The molecule has 0 radical (unpaired) electrons. The summed E-state index contributed by atoms with van der Waals surface area (Å²) in [4.78, 5) is 0. The van der Waals surface area contributed by atoms with Crippen molar-refractivity contribution in [2.75, 3.05) is 5.32 Å². The molecule has 1 N–H and O–H groups in total. The van der Waals surface area contributed by atoms with E-state index >= 15 is 0 Å². The maximum Gasteiger partial charge on any atom is 0.101 e. The van der Waals surface area contributed by atoms with Gasteiger partial charge in [0.15, 0.2) is 0 Å². The van der Waals surface area contributed by atoms with E-state index in [2.05, 4.69) is 43.4 Å². The van der Waals surface area contributed by atoms with E-state index in [0.717, 1.165) is 5.69 Å². The lowest BCUT2D eigenvalue weighted by Crippen LogP contribution is -2.08. The van der Waals surface area contributed by atoms with Gasteiger partial charge in [-0.2, -0.15) is 5.26 Å². The molecule has 2 aromatic carbocycles. The first-order valence-electron chi connectivity index (χ1n) is 6.13. The van der Waals surface area contributed by atoms with Crippen LogP contribution in [0.25, 0.3) is 0 Å². The standard InChI is InChI=1S/C16H15ClN2/c1-11-4-3-5-13(8-11)12(2)19-16-9-15(17)7-6-14(16)10-18/h3-9,12,19H,1-2H3. The Morgan fingerprint density at radius 3 is 2.68 bits per heavy atom. The molecule has 0 saturated heterocycles. The van der Waals surface area contributed by atoms with Crippen molar-refractivity contribution in [1.82, 2.24) is 0 Å². The maximum absolute atomic E-state index is 9.10. The summed E-state index contributed by atoms with van der Waals surface area (Å²) in [5.74, 6) is 0. The van der Waals surface area contributed by atoms with Crippen LogP contribution in [0.4, 0.5) is 5.69 Å². The first-order valence-corrected chi connectivity index (χ1v) is 6.50. The van der Waals surface area contributed by atoms with Gasteiger partial charge >= 0.3 is 0 Å². The van der Waals surface area contributed by atoms with Crippen molar-refractivity contribution < 1.29 is 0 Å². The third kappa shape index (κ3) is 3.27. The van der Waals surface area contributed by atoms with Crippen LogP contribution in [0.2, 0.25) is 5.02 Å². The van der Waals surface area contributed by atoms with Crippen LogP contribution in [0, 0.1) is 18.3 Å². The summed E-state index contributed by atoms with van der Waals surface area (Å²) in [6.07, 6.45) is 0. The topological polar surface area (TPSA) is 35.8 Å². The summed E-state index contributed by atoms with van der Waals surface area (Å²) in [7, 11) is 0. The van der Waals surface area contributed by atoms with Crippen molar-refractivity contribution in [2.45, 2.75) is 19.9 Å². The SMILES string of the molecule is Cc1cccc(C(C)Nc2cc(Cl)ccc2C#N)c1. The van der Waals surface area contributed by atoms with E-state index in [-0.39, 0.29) is 6.04 Å². The van der Waals surface area contributed by atoms with Gasteiger partial charge in [0, 0.05) is 11.1 Å². The zero-order valence-corrected chi connectivity index (χ0v) is 11.7. The average Bonchev–Trinajstić information content (AvgIpc) is 2.39. The molecule has 0 aliphatic heterocycles. The lowest BCUT2D eigenvalue weighted by molar-refractivity contribution is 0.882. The zero-order chi connectivity index (χ0) is 13.8. The van der Waals surface area contributed by atoms with E-state index in [1.54, 1.807) is 18.2 Å². The van der Waals surface area contributed by atoms with E-state index in [0.29, 0.717) is 10.6 Å². The van der Waals surface area contributed by atoms with Gasteiger partial charge in [-0.25, -0.2) is 0 Å². The molecular formula is C16H15ClN2. The van der Waals surface area contributed by atoms with Crippen molar-refractivity contribution in [1.29, 1.82) is 5.26 Å². The fraction of sp³-hybridized carbons (Fsp3) is 0.188. The highest BCUT2D eigenvalue weighted by molar-refractivity contribution is 6.30. The molecule has 19 heavy (non-hydrogen) atoms. The van der Waals surface area contributed by atoms with Crippen LogP contribution in [0.5, 0.6) is 0 Å². The molecule has 96 valence electrons. The van der Waals surface area contributed by atoms with Gasteiger partial charge in [0.1, 0.15) is 6.07 Å². The van der Waals surface area contributed by atoms with E-state index in [1.807, 2.05) is 6.07 Å². The Labute approximate surface area is 118 Å². The number of aryl methyl sites for hydroxylation is 1. The Morgan fingerprint density at radius 2 is 2.00 bits per heavy atom. The zero-order valence-electron chi connectivity index (χ0n) is 10.9. The largest absolute Gasteiger partial charge is 0.377 e. The summed E-state index contributed by atoms with van der Waals surface area (Å²) in [5.41, 5.74) is 3.77. The second-order valence-corrected chi connectivity index (χ2v) is 5.02. The lowest BCUT2D eigenvalue weighted by Gasteiger charge is -2.17. The maximum atomic E-state index is 9.10. The Hall–Kier alpha value is -1.98. The number of nitrogens with one attached hydrogen (secondary N) is 1. The van der Waals surface area contributed by atoms with Crippen molar-refractivity contribution >= 4 is 17.3 Å². The molecule has 0 amide bonds. The van der Waals surface area contributed by atoms with Gasteiger partial charge in [-0.3, -0.25) is 0 Å². The van der Waals surface area contributed by atoms with Crippen LogP contribution >= 0.6 is 11.6 Å². The second kappa shape index (κ2) is 5.77. The van der Waals surface area contributed by atoms with Gasteiger partial charge in [-0.15, -0.1) is 0 Å². The molecule has 0 aliphatic carbocycles. The first kappa shape index (κ1) is 13.5. The molecule has 0 spiro atoms. The molecule has 0 bridgehead atoms. The first-order chi connectivity index (χ1) is 9.10. The summed E-state index contributed by atoms with van der Waals surface area (Å²) >= 11 is 5.98. The number of hydrogen-bond donors (Lipinski definition) is 1. The number of hydrogen-bond acceptors (Lipinski definition) is 2. The molecule has 1 unspecified atom stereocenters. The molecule has 0 saturated carbocycles. The van der Waals surface area contributed by atoms with E-state index < -0.39 is 0 Å². The smallest absolute Gasteiger partial charge is 0.101 e. The third-order valence-corrected chi connectivity index (χ3v) is 3.25. The molecule has 2 rings (SSSR count). The molecular weight excluding hydrogens is 256 g/mol. The van der Waals surface area contributed by atoms with Crippen molar-refractivity contribution in [3.63, 3.8) is 0 Å². The number of anilines is 1. The van der Waals surface area contributed by atoms with Gasteiger partial charge < -0.3 is 5.32 Å². The fourth-order valence-electron chi connectivity index (χ4n) is 1.99. The Balaban J connectivity index is 2.26. The van der Waals surface area contributed by atoms with E-state index in [4.69, 9.17) is 16.9 Å². The quantitative estimate of drug-likeness (QED) is 0.878. The monoisotopic (exact) mass is 270 g/mol. The van der Waals surface area contributed by atoms with Crippen molar-refractivity contribution in [3.8, 4) is 6.07 Å². The minimum atomic E-state index is 0.116. The van der Waals surface area contributed by atoms with Crippen LogP contribution in [0.1, 0.15) is 29.7 Å².